The number of carbonyl (C=O) groups excluding carboxylic acids is 1. The predicted molar refractivity (Wildman–Crippen MR) is 235 cm³/mol. The van der Waals surface area contributed by atoms with Gasteiger partial charge in [-0.05, 0) is 84.1 Å². The van der Waals surface area contributed by atoms with Crippen LogP contribution in [0.4, 0.5) is 4.79 Å². The van der Waals surface area contributed by atoms with Crippen LogP contribution in [0.2, 0.25) is 0 Å². The van der Waals surface area contributed by atoms with Crippen molar-refractivity contribution in [3.63, 3.8) is 0 Å². The Morgan fingerprint density at radius 1 is 0.700 bits per heavy atom. The van der Waals surface area contributed by atoms with Crippen LogP contribution >= 0.6 is 11.8 Å². The average Bonchev–Trinajstić information content (AvgIpc) is 3.72. The molecule has 306 valence electrons. The lowest BCUT2D eigenvalue weighted by atomic mass is 9.53. The van der Waals surface area contributed by atoms with Crippen molar-refractivity contribution >= 4 is 17.8 Å². The molecule has 9 heteroatoms. The monoisotopic (exact) mass is 817 g/mol. The van der Waals surface area contributed by atoms with Crippen molar-refractivity contribution in [2.45, 2.75) is 87.4 Å². The lowest BCUT2D eigenvalue weighted by Gasteiger charge is -2.56. The van der Waals surface area contributed by atoms with Gasteiger partial charge in [-0.3, -0.25) is 0 Å². The molecule has 3 unspecified atom stereocenters. The quantitative estimate of drug-likeness (QED) is 0.106. The molecule has 8 nitrogen and oxygen atoms in total. The number of urea groups is 1. The summed E-state index contributed by atoms with van der Waals surface area (Å²) in [6.07, 6.45) is 7.10. The molecule has 60 heavy (non-hydrogen) atoms. The van der Waals surface area contributed by atoms with Crippen molar-refractivity contribution in [2.75, 3.05) is 5.75 Å². The second-order valence-corrected chi connectivity index (χ2v) is 18.3. The van der Waals surface area contributed by atoms with Crippen molar-refractivity contribution in [1.82, 2.24) is 15.6 Å². The van der Waals surface area contributed by atoms with E-state index in [1.807, 2.05) is 84.9 Å². The Hall–Kier alpha value is -5.19. The number of amides is 2. The number of carbonyl (C=O) groups is 1. The van der Waals surface area contributed by atoms with Gasteiger partial charge in [-0.25, -0.2) is 9.78 Å². The number of nitrogens with zero attached hydrogens (tertiary/aromatic N) is 1. The number of hydrogen-bond donors (Lipinski definition) is 3. The molecule has 4 saturated carbocycles. The molecule has 0 radical (unpaired) electrons. The molecule has 0 spiro atoms. The van der Waals surface area contributed by atoms with Crippen molar-refractivity contribution in [1.29, 1.82) is 0 Å². The lowest BCUT2D eigenvalue weighted by molar-refractivity contribution is -0.245. The van der Waals surface area contributed by atoms with Crippen LogP contribution in [0.5, 0.6) is 0 Å². The Bertz CT molecular complexity index is 2310. The van der Waals surface area contributed by atoms with E-state index in [1.165, 1.54) is 19.3 Å². The highest BCUT2D eigenvalue weighted by Crippen LogP contribution is 2.55. The zero-order valence-corrected chi connectivity index (χ0v) is 34.5. The van der Waals surface area contributed by atoms with Gasteiger partial charge in [0.15, 0.2) is 12.1 Å². The molecule has 11 rings (SSSR count). The predicted octanol–water partition coefficient (Wildman–Crippen LogP) is 11.3. The van der Waals surface area contributed by atoms with E-state index in [9.17, 15) is 9.90 Å². The first-order valence-corrected chi connectivity index (χ1v) is 22.4. The molecule has 5 aromatic carbocycles. The third-order valence-electron chi connectivity index (χ3n) is 13.1. The first kappa shape index (κ1) is 39.0. The van der Waals surface area contributed by atoms with Crippen LogP contribution in [0.15, 0.2) is 143 Å². The minimum atomic E-state index is -0.601. The van der Waals surface area contributed by atoms with Gasteiger partial charge in [0.05, 0.1) is 18.8 Å². The van der Waals surface area contributed by atoms with E-state index in [0.29, 0.717) is 23.9 Å². The maximum absolute atomic E-state index is 13.3. The molecule has 1 saturated heterocycles. The van der Waals surface area contributed by atoms with Crippen molar-refractivity contribution < 1.29 is 23.8 Å². The second kappa shape index (κ2) is 17.1. The van der Waals surface area contributed by atoms with Gasteiger partial charge in [0.2, 0.25) is 0 Å². The summed E-state index contributed by atoms with van der Waals surface area (Å²) in [4.78, 5) is 18.3. The van der Waals surface area contributed by atoms with Gasteiger partial charge in [-0.15, -0.1) is 0 Å². The summed E-state index contributed by atoms with van der Waals surface area (Å²) in [6.45, 7) is 0.439. The first-order valence-electron chi connectivity index (χ1n) is 21.5. The highest BCUT2D eigenvalue weighted by Gasteiger charge is 2.51. The summed E-state index contributed by atoms with van der Waals surface area (Å²) in [5.41, 5.74) is 8.79. The Labute approximate surface area is 356 Å². The molecule has 2 heterocycles. The van der Waals surface area contributed by atoms with Crippen molar-refractivity contribution in [3.05, 3.63) is 156 Å². The van der Waals surface area contributed by atoms with Crippen LogP contribution in [0, 0.1) is 17.8 Å². The van der Waals surface area contributed by atoms with E-state index in [0.717, 1.165) is 93.0 Å². The highest BCUT2D eigenvalue weighted by atomic mass is 32.2. The third-order valence-corrected chi connectivity index (χ3v) is 14.0. The SMILES string of the molecule is O=C(NCc1ccccc1-c1ccc(C2OC(CSc3nc(-c4ccccc4)c(-c4ccccc4)o3)CC(c3ccc(CO)cc3)O2)cc1)NC12CC3CC(CC(C3)C1)C2. The first-order chi connectivity index (χ1) is 29.5. The van der Waals surface area contributed by atoms with Crippen LogP contribution in [0.25, 0.3) is 33.7 Å². The van der Waals surface area contributed by atoms with Crippen LogP contribution < -0.4 is 10.6 Å². The largest absolute Gasteiger partial charge is 0.431 e. The molecule has 1 aliphatic heterocycles. The van der Waals surface area contributed by atoms with Crippen LogP contribution in [0.3, 0.4) is 0 Å². The van der Waals surface area contributed by atoms with Crippen LogP contribution in [-0.2, 0) is 22.6 Å². The fraction of sp³-hybridized carbons (Fsp3) is 0.333. The van der Waals surface area contributed by atoms with Crippen LogP contribution in [0.1, 0.15) is 79.6 Å². The Morgan fingerprint density at radius 2 is 1.33 bits per heavy atom. The topological polar surface area (TPSA) is 106 Å². The molecular weight excluding hydrogens is 767 g/mol. The molecule has 4 bridgehead atoms. The maximum Gasteiger partial charge on any atom is 0.315 e. The molecule has 3 atom stereocenters. The summed E-state index contributed by atoms with van der Waals surface area (Å²) in [5, 5.41) is 17.0. The molecule has 3 N–H and O–H groups in total. The smallest absolute Gasteiger partial charge is 0.315 e. The van der Waals surface area contributed by atoms with Gasteiger partial charge in [0, 0.05) is 40.9 Å². The number of nitrogens with one attached hydrogen (secondary N) is 2. The Balaban J connectivity index is 0.846. The van der Waals surface area contributed by atoms with Gasteiger partial charge in [0.25, 0.3) is 5.22 Å². The van der Waals surface area contributed by atoms with Gasteiger partial charge in [-0.1, -0.05) is 145 Å². The number of oxazole rings is 1. The number of hydrogen-bond acceptors (Lipinski definition) is 7. The summed E-state index contributed by atoms with van der Waals surface area (Å²) in [5.74, 6) is 3.69. The van der Waals surface area contributed by atoms with E-state index in [-0.39, 0.29) is 30.4 Å². The average molecular weight is 818 g/mol. The standard InChI is InChI=1S/C51H51N3O5S/c55-31-33-15-17-38(18-16-33)45-26-43(32-60-50-53-46(39-9-3-1-4-10-39)47(59-50)40-11-5-2-6-12-40)57-48(58-45)41-21-19-37(20-22-41)44-14-8-7-13-42(44)30-52-49(56)54-51-27-34-23-35(28-51)25-36(24-34)29-51/h1-22,34-36,43,45,48,55H,23-32H2,(H2,52,54,56). The van der Waals surface area contributed by atoms with E-state index >= 15 is 0 Å². The molecule has 6 aromatic rings. The Kier molecular flexibility index (Phi) is 11.1. The van der Waals surface area contributed by atoms with Crippen molar-refractivity contribution in [2.24, 2.45) is 17.8 Å². The summed E-state index contributed by atoms with van der Waals surface area (Å²) < 4.78 is 19.9. The van der Waals surface area contributed by atoms with Gasteiger partial charge in [0.1, 0.15) is 5.69 Å². The zero-order valence-electron chi connectivity index (χ0n) is 33.7. The number of aliphatic hydroxyl groups excluding tert-OH is 1. The minimum absolute atomic E-state index is 0.0104. The van der Waals surface area contributed by atoms with Gasteiger partial charge in [-0.2, -0.15) is 0 Å². The number of aromatic nitrogens is 1. The molecule has 1 aromatic heterocycles. The molecule has 5 aliphatic rings. The van der Waals surface area contributed by atoms with Crippen molar-refractivity contribution in [3.8, 4) is 33.7 Å². The summed E-state index contributed by atoms with van der Waals surface area (Å²) >= 11 is 1.55. The van der Waals surface area contributed by atoms with E-state index in [4.69, 9.17) is 18.9 Å². The van der Waals surface area contributed by atoms with E-state index < -0.39 is 6.29 Å². The fourth-order valence-corrected chi connectivity index (χ4v) is 11.5. The minimum Gasteiger partial charge on any atom is -0.431 e. The zero-order chi connectivity index (χ0) is 40.5. The van der Waals surface area contributed by atoms with E-state index in [1.54, 1.807) is 11.8 Å². The second-order valence-electron chi connectivity index (χ2n) is 17.3. The van der Waals surface area contributed by atoms with Gasteiger partial charge >= 0.3 is 6.03 Å². The highest BCUT2D eigenvalue weighted by molar-refractivity contribution is 7.99. The van der Waals surface area contributed by atoms with E-state index in [2.05, 4.69) is 59.2 Å². The number of benzene rings is 5. The normalized spacial score (nSPS) is 25.6. The van der Waals surface area contributed by atoms with Crippen LogP contribution in [-0.4, -0.2) is 33.5 Å². The number of rotatable bonds is 12. The number of ether oxygens (including phenoxy) is 2. The molecule has 2 amide bonds. The number of thioether (sulfide) groups is 1. The lowest BCUT2D eigenvalue weighted by Crippen LogP contribution is -2.61. The molecule has 5 fully saturated rings. The third kappa shape index (κ3) is 8.41. The Morgan fingerprint density at radius 3 is 2.02 bits per heavy atom. The van der Waals surface area contributed by atoms with Gasteiger partial charge < -0.3 is 29.6 Å². The maximum atomic E-state index is 13.3. The summed E-state index contributed by atoms with van der Waals surface area (Å²) in [6, 6.07) is 44.8. The molecular formula is C51H51N3O5S. The number of aliphatic hydroxyl groups is 1. The summed E-state index contributed by atoms with van der Waals surface area (Å²) in [7, 11) is 0. The molecule has 4 aliphatic carbocycles. The fourth-order valence-electron chi connectivity index (χ4n) is 10.6.